The minimum atomic E-state index is -4.21. The number of phenols is 1. The molecule has 0 spiro atoms. The second kappa shape index (κ2) is 6.40. The van der Waals surface area contributed by atoms with Crippen molar-refractivity contribution in [2.75, 3.05) is 18.0 Å². The third-order valence-corrected chi connectivity index (χ3v) is 4.93. The molecule has 1 aromatic heterocycles. The molecule has 1 unspecified atom stereocenters. The largest absolute Gasteiger partial charge is 0.507 e. The minimum Gasteiger partial charge on any atom is -0.507 e. The summed E-state index contributed by atoms with van der Waals surface area (Å²) in [5, 5.41) is 10.9. The van der Waals surface area contributed by atoms with Gasteiger partial charge in [-0.2, -0.15) is 13.2 Å². The maximum absolute atomic E-state index is 13.1. The van der Waals surface area contributed by atoms with E-state index < -0.39 is 12.1 Å². The zero-order chi connectivity index (χ0) is 19.2. The van der Waals surface area contributed by atoms with Gasteiger partial charge in [-0.15, -0.1) is 0 Å². The maximum atomic E-state index is 13.1. The molecule has 2 heterocycles. The van der Waals surface area contributed by atoms with Crippen LogP contribution in [-0.2, 0) is 0 Å². The fraction of sp³-hybridized carbons (Fsp3) is 0.300. The number of hydrogen-bond acceptors (Lipinski definition) is 4. The summed E-state index contributed by atoms with van der Waals surface area (Å²) >= 11 is 0. The number of hydrogen-bond donors (Lipinski definition) is 1. The summed E-state index contributed by atoms with van der Waals surface area (Å²) in [6, 6.07) is 12.3. The molecule has 1 fully saturated rings. The van der Waals surface area contributed by atoms with E-state index in [4.69, 9.17) is 0 Å². The Hall–Kier alpha value is -2.83. The van der Waals surface area contributed by atoms with Crippen molar-refractivity contribution >= 4 is 16.7 Å². The molecule has 3 aromatic rings. The van der Waals surface area contributed by atoms with Gasteiger partial charge in [0.25, 0.3) is 0 Å². The lowest BCUT2D eigenvalue weighted by atomic mass is 10.1. The predicted molar refractivity (Wildman–Crippen MR) is 97.8 cm³/mol. The first kappa shape index (κ1) is 17.6. The van der Waals surface area contributed by atoms with E-state index in [2.05, 4.69) is 9.97 Å². The molecule has 140 valence electrons. The highest BCUT2D eigenvalue weighted by atomic mass is 19.4. The molecule has 0 aliphatic carbocycles. The number of rotatable bonds is 2. The topological polar surface area (TPSA) is 49.2 Å². The average molecular weight is 373 g/mol. The number of alkyl halides is 3. The monoisotopic (exact) mass is 373 g/mol. The van der Waals surface area contributed by atoms with Crippen LogP contribution in [0.25, 0.3) is 22.3 Å². The van der Waals surface area contributed by atoms with Crippen LogP contribution in [0.2, 0.25) is 0 Å². The molecule has 1 N–H and O–H groups in total. The number of nitrogens with zero attached hydrogens (tertiary/aromatic N) is 3. The lowest BCUT2D eigenvalue weighted by Gasteiger charge is -2.21. The molecule has 1 saturated heterocycles. The molecule has 4 rings (SSSR count). The van der Waals surface area contributed by atoms with E-state index in [0.29, 0.717) is 28.1 Å². The van der Waals surface area contributed by atoms with Crippen molar-refractivity contribution in [3.05, 3.63) is 48.0 Å². The SMILES string of the molecule is Cc1ccc2c(N3CCC(C(F)(F)F)C3)nc(-c3ccccc3O)nc2c1. The van der Waals surface area contributed by atoms with Gasteiger partial charge in [0.2, 0.25) is 0 Å². The van der Waals surface area contributed by atoms with Crippen LogP contribution in [-0.4, -0.2) is 34.3 Å². The van der Waals surface area contributed by atoms with Crippen LogP contribution in [0.3, 0.4) is 0 Å². The number of aromatic nitrogens is 2. The first-order chi connectivity index (χ1) is 12.8. The van der Waals surface area contributed by atoms with E-state index >= 15 is 0 Å². The van der Waals surface area contributed by atoms with Crippen molar-refractivity contribution in [1.82, 2.24) is 9.97 Å². The minimum absolute atomic E-state index is 0.0324. The van der Waals surface area contributed by atoms with Crippen LogP contribution in [0.15, 0.2) is 42.5 Å². The van der Waals surface area contributed by atoms with Crippen LogP contribution in [0.5, 0.6) is 5.75 Å². The summed E-state index contributed by atoms with van der Waals surface area (Å²) in [6.45, 7) is 2.09. The molecule has 0 amide bonds. The Morgan fingerprint density at radius 1 is 1.11 bits per heavy atom. The van der Waals surface area contributed by atoms with E-state index in [-0.39, 0.29) is 25.3 Å². The molecule has 0 saturated carbocycles. The predicted octanol–water partition coefficient (Wildman–Crippen LogP) is 4.70. The smallest absolute Gasteiger partial charge is 0.393 e. The summed E-state index contributed by atoms with van der Waals surface area (Å²) in [5.74, 6) is -0.548. The molecule has 1 aliphatic heterocycles. The van der Waals surface area contributed by atoms with E-state index in [1.54, 1.807) is 23.1 Å². The fourth-order valence-electron chi connectivity index (χ4n) is 3.47. The molecular weight excluding hydrogens is 355 g/mol. The van der Waals surface area contributed by atoms with Gasteiger partial charge >= 0.3 is 6.18 Å². The number of para-hydroxylation sites is 1. The molecule has 0 bridgehead atoms. The van der Waals surface area contributed by atoms with E-state index in [0.717, 1.165) is 5.56 Å². The summed E-state index contributed by atoms with van der Waals surface area (Å²) in [6.07, 6.45) is -4.17. The second-order valence-electron chi connectivity index (χ2n) is 6.88. The third-order valence-electron chi connectivity index (χ3n) is 4.93. The molecular formula is C20H18F3N3O. The van der Waals surface area contributed by atoms with Crippen molar-refractivity contribution in [2.45, 2.75) is 19.5 Å². The zero-order valence-corrected chi connectivity index (χ0v) is 14.7. The Balaban J connectivity index is 1.85. The molecule has 7 heteroatoms. The summed E-state index contributed by atoms with van der Waals surface area (Å²) in [5.41, 5.74) is 2.09. The molecule has 2 aromatic carbocycles. The molecule has 0 radical (unpaired) electrons. The highest BCUT2D eigenvalue weighted by molar-refractivity contribution is 5.92. The highest BCUT2D eigenvalue weighted by Crippen LogP contribution is 2.38. The number of fused-ring (bicyclic) bond motifs is 1. The van der Waals surface area contributed by atoms with Gasteiger partial charge < -0.3 is 10.0 Å². The highest BCUT2D eigenvalue weighted by Gasteiger charge is 2.44. The van der Waals surface area contributed by atoms with Crippen LogP contribution in [0.4, 0.5) is 19.0 Å². The van der Waals surface area contributed by atoms with Crippen molar-refractivity contribution in [2.24, 2.45) is 5.92 Å². The first-order valence-corrected chi connectivity index (χ1v) is 8.71. The van der Waals surface area contributed by atoms with Crippen molar-refractivity contribution in [1.29, 1.82) is 0 Å². The normalized spacial score (nSPS) is 17.6. The van der Waals surface area contributed by atoms with Gasteiger partial charge in [-0.3, -0.25) is 0 Å². The Morgan fingerprint density at radius 2 is 1.89 bits per heavy atom. The first-order valence-electron chi connectivity index (χ1n) is 8.71. The standard InChI is InChI=1S/C20H18F3N3O/c1-12-6-7-14-16(10-12)24-18(15-4-2-3-5-17(15)27)25-19(14)26-9-8-13(11-26)20(21,22)23/h2-7,10,13,27H,8-9,11H2,1H3. The number of halogens is 3. The van der Waals surface area contributed by atoms with Crippen LogP contribution < -0.4 is 4.90 Å². The fourth-order valence-corrected chi connectivity index (χ4v) is 3.47. The van der Waals surface area contributed by atoms with Crippen LogP contribution in [0, 0.1) is 12.8 Å². The van der Waals surface area contributed by atoms with Gasteiger partial charge in [0, 0.05) is 18.5 Å². The van der Waals surface area contributed by atoms with Crippen LogP contribution in [0.1, 0.15) is 12.0 Å². The Morgan fingerprint density at radius 3 is 2.59 bits per heavy atom. The molecule has 4 nitrogen and oxygen atoms in total. The van der Waals surface area contributed by atoms with Crippen LogP contribution >= 0.6 is 0 Å². The van der Waals surface area contributed by atoms with E-state index in [1.165, 1.54) is 6.07 Å². The summed E-state index contributed by atoms with van der Waals surface area (Å²) in [7, 11) is 0. The average Bonchev–Trinajstić information content (AvgIpc) is 3.11. The maximum Gasteiger partial charge on any atom is 0.393 e. The second-order valence-corrected chi connectivity index (χ2v) is 6.88. The van der Waals surface area contributed by atoms with Gasteiger partial charge in [-0.25, -0.2) is 9.97 Å². The molecule has 27 heavy (non-hydrogen) atoms. The van der Waals surface area contributed by atoms with E-state index in [1.807, 2.05) is 25.1 Å². The summed E-state index contributed by atoms with van der Waals surface area (Å²) in [4.78, 5) is 10.8. The Labute approximate surface area is 154 Å². The number of phenolic OH excluding ortho intramolecular Hbond substituents is 1. The molecule has 1 aliphatic rings. The van der Waals surface area contributed by atoms with Crippen molar-refractivity contribution in [3.8, 4) is 17.1 Å². The third kappa shape index (κ3) is 3.29. The van der Waals surface area contributed by atoms with Gasteiger partial charge in [0.1, 0.15) is 11.6 Å². The van der Waals surface area contributed by atoms with E-state index in [9.17, 15) is 18.3 Å². The lowest BCUT2D eigenvalue weighted by molar-refractivity contribution is -0.168. The van der Waals surface area contributed by atoms with Gasteiger partial charge in [-0.05, 0) is 43.2 Å². The number of aryl methyl sites for hydroxylation is 1. The van der Waals surface area contributed by atoms with Crippen molar-refractivity contribution in [3.63, 3.8) is 0 Å². The quantitative estimate of drug-likeness (QED) is 0.707. The van der Waals surface area contributed by atoms with Gasteiger partial charge in [-0.1, -0.05) is 18.2 Å². The van der Waals surface area contributed by atoms with Gasteiger partial charge in [0.15, 0.2) is 5.82 Å². The van der Waals surface area contributed by atoms with Crippen molar-refractivity contribution < 1.29 is 18.3 Å². The number of aromatic hydroxyl groups is 1. The number of anilines is 1. The molecule has 1 atom stereocenters. The summed E-state index contributed by atoms with van der Waals surface area (Å²) < 4.78 is 39.4. The van der Waals surface area contributed by atoms with Gasteiger partial charge in [0.05, 0.1) is 17.0 Å². The lowest BCUT2D eigenvalue weighted by Crippen LogP contribution is -2.28. The number of benzene rings is 2. The Bertz CT molecular complexity index is 1000. The Kier molecular flexibility index (Phi) is 4.17. The zero-order valence-electron chi connectivity index (χ0n) is 14.7.